The smallest absolute Gasteiger partial charge is 0.360 e. The van der Waals surface area contributed by atoms with Crippen molar-refractivity contribution < 1.29 is 13.9 Å². The molecule has 0 saturated carbocycles. The molecule has 12 heavy (non-hydrogen) atoms. The Labute approximate surface area is 73.2 Å². The Kier molecular flexibility index (Phi) is 2.75. The highest BCUT2D eigenvalue weighted by Crippen LogP contribution is 2.15. The van der Waals surface area contributed by atoms with Gasteiger partial charge >= 0.3 is 5.97 Å². The van der Waals surface area contributed by atoms with E-state index in [1.54, 1.807) is 13.8 Å². The van der Waals surface area contributed by atoms with Gasteiger partial charge in [0.05, 0.1) is 11.6 Å². The van der Waals surface area contributed by atoms with Crippen LogP contribution in [0.15, 0.2) is 0 Å². The van der Waals surface area contributed by atoms with E-state index in [0.717, 1.165) is 11.3 Å². The number of nitrogens with zero attached hydrogens (tertiary/aromatic N) is 1. The average molecular weight is 189 g/mol. The van der Waals surface area contributed by atoms with Gasteiger partial charge in [0.25, 0.3) is 0 Å². The molecule has 1 rings (SSSR count). The highest BCUT2D eigenvalue weighted by molar-refractivity contribution is 7.10. The molecule has 1 aromatic heterocycles. The fourth-order valence-corrected chi connectivity index (χ4v) is 1.35. The van der Waals surface area contributed by atoms with Gasteiger partial charge in [-0.1, -0.05) is 11.3 Å². The van der Waals surface area contributed by atoms with Crippen molar-refractivity contribution in [2.45, 2.75) is 13.8 Å². The van der Waals surface area contributed by atoms with Crippen LogP contribution in [0.5, 0.6) is 0 Å². The summed E-state index contributed by atoms with van der Waals surface area (Å²) in [7, 11) is 0. The summed E-state index contributed by atoms with van der Waals surface area (Å²) in [6, 6.07) is 0. The minimum Gasteiger partial charge on any atom is -0.461 e. The molecule has 0 unspecified atom stereocenters. The second-order valence-corrected chi connectivity index (χ2v) is 3.23. The molecule has 0 fully saturated rings. The highest BCUT2D eigenvalue weighted by atomic mass is 32.1. The molecule has 3 nitrogen and oxygen atoms in total. The van der Waals surface area contributed by atoms with Gasteiger partial charge in [0.2, 0.25) is 5.13 Å². The Morgan fingerprint density at radius 1 is 1.75 bits per heavy atom. The van der Waals surface area contributed by atoms with Crippen molar-refractivity contribution in [3.05, 3.63) is 15.8 Å². The molecule has 0 aliphatic rings. The summed E-state index contributed by atoms with van der Waals surface area (Å²) >= 11 is 0.845. The summed E-state index contributed by atoms with van der Waals surface area (Å²) in [5.74, 6) is -0.695. The zero-order chi connectivity index (χ0) is 9.14. The molecule has 0 spiro atoms. The lowest BCUT2D eigenvalue weighted by atomic mass is 10.5. The van der Waals surface area contributed by atoms with Crippen LogP contribution in [-0.2, 0) is 4.74 Å². The first-order chi connectivity index (χ1) is 5.65. The number of hydrogen-bond acceptors (Lipinski definition) is 4. The van der Waals surface area contributed by atoms with Crippen molar-refractivity contribution in [1.29, 1.82) is 0 Å². The standard InChI is InChI=1S/C7H8FNO2S/c1-3-11-7(10)5-6(8)12-4(2)9-5/h3H2,1-2H3. The van der Waals surface area contributed by atoms with Crippen LogP contribution in [0.25, 0.3) is 0 Å². The Bertz CT molecular complexity index is 298. The van der Waals surface area contributed by atoms with E-state index >= 15 is 0 Å². The summed E-state index contributed by atoms with van der Waals surface area (Å²) < 4.78 is 17.4. The lowest BCUT2D eigenvalue weighted by Gasteiger charge is -1.96. The Morgan fingerprint density at radius 2 is 2.42 bits per heavy atom. The fourth-order valence-electron chi connectivity index (χ4n) is 0.728. The maximum absolute atomic E-state index is 12.8. The van der Waals surface area contributed by atoms with Crippen LogP contribution in [0.2, 0.25) is 0 Å². The molecule has 0 radical (unpaired) electrons. The zero-order valence-corrected chi connectivity index (χ0v) is 7.57. The summed E-state index contributed by atoms with van der Waals surface area (Å²) in [5.41, 5.74) is -0.209. The summed E-state index contributed by atoms with van der Waals surface area (Å²) in [6.07, 6.45) is 0. The maximum atomic E-state index is 12.8. The molecule has 1 aromatic rings. The van der Waals surface area contributed by atoms with Crippen LogP contribution in [0.1, 0.15) is 22.4 Å². The molecular formula is C7H8FNO2S. The molecule has 0 amide bonds. The van der Waals surface area contributed by atoms with Gasteiger partial charge in [0.1, 0.15) is 0 Å². The molecule has 1 heterocycles. The van der Waals surface area contributed by atoms with E-state index in [0.29, 0.717) is 5.01 Å². The van der Waals surface area contributed by atoms with Crippen molar-refractivity contribution in [2.24, 2.45) is 0 Å². The molecule has 0 aromatic carbocycles. The largest absolute Gasteiger partial charge is 0.461 e. The number of thiazole rings is 1. The topological polar surface area (TPSA) is 39.2 Å². The Hall–Kier alpha value is -0.970. The zero-order valence-electron chi connectivity index (χ0n) is 6.76. The van der Waals surface area contributed by atoms with Crippen molar-refractivity contribution in [1.82, 2.24) is 4.98 Å². The van der Waals surface area contributed by atoms with E-state index in [9.17, 15) is 9.18 Å². The third-order valence-corrected chi connectivity index (χ3v) is 1.92. The van der Waals surface area contributed by atoms with E-state index in [2.05, 4.69) is 9.72 Å². The number of ether oxygens (including phenoxy) is 1. The van der Waals surface area contributed by atoms with Gasteiger partial charge in [-0.05, 0) is 13.8 Å². The van der Waals surface area contributed by atoms with Crippen molar-refractivity contribution in [2.75, 3.05) is 6.61 Å². The molecule has 5 heteroatoms. The molecule has 0 aliphatic carbocycles. The van der Waals surface area contributed by atoms with Crippen LogP contribution < -0.4 is 0 Å². The van der Waals surface area contributed by atoms with E-state index in [1.807, 2.05) is 0 Å². The molecule has 0 bridgehead atoms. The van der Waals surface area contributed by atoms with E-state index < -0.39 is 11.1 Å². The van der Waals surface area contributed by atoms with Crippen LogP contribution >= 0.6 is 11.3 Å². The predicted octanol–water partition coefficient (Wildman–Crippen LogP) is 1.77. The third kappa shape index (κ3) is 1.79. The summed E-state index contributed by atoms with van der Waals surface area (Å²) in [6.45, 7) is 3.53. The summed E-state index contributed by atoms with van der Waals surface area (Å²) in [5, 5.41) is -0.0542. The first kappa shape index (κ1) is 9.12. The third-order valence-electron chi connectivity index (χ3n) is 1.16. The SMILES string of the molecule is CCOC(=O)c1nc(C)sc1F. The molecule has 0 aliphatic heterocycles. The van der Waals surface area contributed by atoms with Gasteiger partial charge in [-0.3, -0.25) is 0 Å². The minimum absolute atomic E-state index is 0.209. The van der Waals surface area contributed by atoms with Crippen LogP contribution in [0.3, 0.4) is 0 Å². The van der Waals surface area contributed by atoms with Crippen LogP contribution in [0, 0.1) is 12.1 Å². The molecular weight excluding hydrogens is 181 g/mol. The number of carbonyl (C=O) groups is 1. The molecule has 66 valence electrons. The van der Waals surface area contributed by atoms with E-state index in [-0.39, 0.29) is 12.3 Å². The second-order valence-electron chi connectivity index (χ2n) is 2.08. The van der Waals surface area contributed by atoms with Crippen molar-refractivity contribution >= 4 is 17.3 Å². The number of hydrogen-bond donors (Lipinski definition) is 0. The molecule has 0 saturated heterocycles. The lowest BCUT2D eigenvalue weighted by Crippen LogP contribution is -2.06. The lowest BCUT2D eigenvalue weighted by molar-refractivity contribution is 0.0515. The van der Waals surface area contributed by atoms with Gasteiger partial charge in [-0.25, -0.2) is 9.78 Å². The maximum Gasteiger partial charge on any atom is 0.360 e. The number of aryl methyl sites for hydroxylation is 1. The Morgan fingerprint density at radius 3 is 2.83 bits per heavy atom. The number of halogens is 1. The number of rotatable bonds is 2. The molecule has 0 N–H and O–H groups in total. The predicted molar refractivity (Wildman–Crippen MR) is 42.8 cm³/mol. The van der Waals surface area contributed by atoms with Gasteiger partial charge in [0, 0.05) is 0 Å². The van der Waals surface area contributed by atoms with Gasteiger partial charge in [-0.15, -0.1) is 0 Å². The van der Waals surface area contributed by atoms with Crippen molar-refractivity contribution in [3.63, 3.8) is 0 Å². The highest BCUT2D eigenvalue weighted by Gasteiger charge is 2.17. The normalized spacial score (nSPS) is 9.92. The average Bonchev–Trinajstić information content (AvgIpc) is 2.30. The van der Waals surface area contributed by atoms with E-state index in [4.69, 9.17) is 0 Å². The fraction of sp³-hybridized carbons (Fsp3) is 0.429. The minimum atomic E-state index is -0.695. The quantitative estimate of drug-likeness (QED) is 0.665. The summed E-state index contributed by atoms with van der Waals surface area (Å²) in [4.78, 5) is 14.7. The Balaban J connectivity index is 2.87. The van der Waals surface area contributed by atoms with Gasteiger partial charge < -0.3 is 4.74 Å². The number of esters is 1. The number of carbonyl (C=O) groups excluding carboxylic acids is 1. The van der Waals surface area contributed by atoms with Gasteiger partial charge in [-0.2, -0.15) is 4.39 Å². The second kappa shape index (κ2) is 3.62. The van der Waals surface area contributed by atoms with E-state index in [1.165, 1.54) is 0 Å². The van der Waals surface area contributed by atoms with Crippen molar-refractivity contribution in [3.8, 4) is 0 Å². The van der Waals surface area contributed by atoms with Crippen LogP contribution in [0.4, 0.5) is 4.39 Å². The first-order valence-corrected chi connectivity index (χ1v) is 4.26. The van der Waals surface area contributed by atoms with Crippen LogP contribution in [-0.4, -0.2) is 17.6 Å². The molecule has 0 atom stereocenters. The van der Waals surface area contributed by atoms with Gasteiger partial charge in [0.15, 0.2) is 5.69 Å². The number of aromatic nitrogens is 1. The first-order valence-electron chi connectivity index (χ1n) is 3.45. The monoisotopic (exact) mass is 189 g/mol.